The van der Waals surface area contributed by atoms with E-state index in [1.807, 2.05) is 30.3 Å². The van der Waals surface area contributed by atoms with Crippen molar-refractivity contribution in [1.29, 1.82) is 0 Å². The van der Waals surface area contributed by atoms with Gasteiger partial charge in [-0.05, 0) is 30.3 Å². The van der Waals surface area contributed by atoms with Crippen LogP contribution in [0.2, 0.25) is 5.02 Å². The molecule has 1 N–H and O–H groups in total. The zero-order chi connectivity index (χ0) is 15.5. The summed E-state index contributed by atoms with van der Waals surface area (Å²) in [6.07, 6.45) is 4.01. The Hall–Kier alpha value is -1.85. The molecule has 112 valence electrons. The maximum absolute atomic E-state index is 6.15. The number of nitrogens with zero attached hydrogens (tertiary/aromatic N) is 2. The summed E-state index contributed by atoms with van der Waals surface area (Å²) >= 11 is 9.64. The number of nitrogens with one attached hydrogen (secondary N) is 1. The van der Waals surface area contributed by atoms with Gasteiger partial charge in [0.2, 0.25) is 0 Å². The molecule has 2 heterocycles. The van der Waals surface area contributed by atoms with E-state index >= 15 is 0 Å². The van der Waals surface area contributed by atoms with Crippen molar-refractivity contribution in [1.82, 2.24) is 15.2 Å². The third-order valence-corrected chi connectivity index (χ3v) is 4.10. The van der Waals surface area contributed by atoms with Crippen molar-refractivity contribution < 1.29 is 4.74 Å². The van der Waals surface area contributed by atoms with Gasteiger partial charge in [0.1, 0.15) is 5.75 Å². The molecule has 3 rings (SSSR count). The predicted octanol–water partition coefficient (Wildman–Crippen LogP) is 4.49. The number of hydrogen-bond donors (Lipinski definition) is 1. The van der Waals surface area contributed by atoms with Gasteiger partial charge < -0.3 is 4.74 Å². The molecule has 6 heteroatoms. The summed E-state index contributed by atoms with van der Waals surface area (Å²) in [4.78, 5) is 3.99. The van der Waals surface area contributed by atoms with Crippen molar-refractivity contribution in [3.63, 3.8) is 0 Å². The van der Waals surface area contributed by atoms with Crippen LogP contribution in [-0.2, 0) is 6.42 Å². The van der Waals surface area contributed by atoms with Crippen LogP contribution in [0.15, 0.2) is 47.2 Å². The minimum absolute atomic E-state index is 0.584. The second kappa shape index (κ2) is 6.50. The van der Waals surface area contributed by atoms with Crippen LogP contribution in [0.1, 0.15) is 11.3 Å². The van der Waals surface area contributed by atoms with E-state index in [1.165, 1.54) is 0 Å². The second-order valence-corrected chi connectivity index (χ2v) is 6.09. The predicted molar refractivity (Wildman–Crippen MR) is 90.3 cm³/mol. The normalized spacial score (nSPS) is 10.7. The monoisotopic (exact) mass is 377 g/mol. The van der Waals surface area contributed by atoms with Crippen LogP contribution < -0.4 is 4.74 Å². The van der Waals surface area contributed by atoms with Crippen molar-refractivity contribution in [2.75, 3.05) is 7.11 Å². The lowest BCUT2D eigenvalue weighted by atomic mass is 10.1. The molecule has 1 aromatic carbocycles. The van der Waals surface area contributed by atoms with Crippen molar-refractivity contribution >= 4 is 27.5 Å². The van der Waals surface area contributed by atoms with Gasteiger partial charge in [0.05, 0.1) is 17.8 Å². The molecule has 0 atom stereocenters. The standard InChI is InChI=1S/C16H13BrClN3O/c1-22-16-3-2-11(17)6-10(16)7-12-8-15(21-20-12)13-4-5-19-9-14(13)18/h2-6,8-9H,7H2,1H3,(H,20,21). The van der Waals surface area contributed by atoms with Crippen LogP contribution in [0.5, 0.6) is 5.75 Å². The van der Waals surface area contributed by atoms with Crippen molar-refractivity contribution in [3.8, 4) is 17.0 Å². The molecule has 2 aromatic heterocycles. The summed E-state index contributed by atoms with van der Waals surface area (Å²) in [6.45, 7) is 0. The number of hydrogen-bond acceptors (Lipinski definition) is 3. The summed E-state index contributed by atoms with van der Waals surface area (Å²) in [5.41, 5.74) is 3.73. The van der Waals surface area contributed by atoms with E-state index in [9.17, 15) is 0 Å². The molecular formula is C16H13BrClN3O. The molecule has 0 radical (unpaired) electrons. The molecule has 0 unspecified atom stereocenters. The number of methoxy groups -OCH3 is 1. The number of aromatic amines is 1. The van der Waals surface area contributed by atoms with Crippen LogP contribution in [0, 0.1) is 0 Å². The molecule has 0 bridgehead atoms. The average Bonchev–Trinajstić information content (AvgIpc) is 2.96. The van der Waals surface area contributed by atoms with E-state index in [0.29, 0.717) is 11.4 Å². The Labute approximate surface area is 141 Å². The second-order valence-electron chi connectivity index (χ2n) is 4.77. The molecule has 0 spiro atoms. The van der Waals surface area contributed by atoms with Crippen molar-refractivity contribution in [3.05, 3.63) is 63.5 Å². The lowest BCUT2D eigenvalue weighted by Gasteiger charge is -2.07. The topological polar surface area (TPSA) is 50.8 Å². The number of pyridine rings is 1. The SMILES string of the molecule is COc1ccc(Br)cc1Cc1cc(-c2ccncc2Cl)n[nH]1. The first-order valence-electron chi connectivity index (χ1n) is 6.64. The minimum Gasteiger partial charge on any atom is -0.496 e. The highest BCUT2D eigenvalue weighted by Gasteiger charge is 2.10. The lowest BCUT2D eigenvalue weighted by molar-refractivity contribution is 0.410. The van der Waals surface area contributed by atoms with E-state index in [4.69, 9.17) is 16.3 Å². The van der Waals surface area contributed by atoms with Crippen molar-refractivity contribution in [2.45, 2.75) is 6.42 Å². The molecule has 4 nitrogen and oxygen atoms in total. The van der Waals surface area contributed by atoms with Crippen LogP contribution in [0.25, 0.3) is 11.3 Å². The molecule has 0 aliphatic heterocycles. The maximum Gasteiger partial charge on any atom is 0.122 e. The Kier molecular flexibility index (Phi) is 4.45. The zero-order valence-electron chi connectivity index (χ0n) is 11.8. The molecular weight excluding hydrogens is 366 g/mol. The number of benzene rings is 1. The third-order valence-electron chi connectivity index (χ3n) is 3.30. The van der Waals surface area contributed by atoms with Gasteiger partial charge in [0.15, 0.2) is 0 Å². The Balaban J connectivity index is 1.89. The zero-order valence-corrected chi connectivity index (χ0v) is 14.1. The number of rotatable bonds is 4. The van der Waals surface area contributed by atoms with E-state index in [2.05, 4.69) is 31.1 Å². The van der Waals surface area contributed by atoms with Crippen molar-refractivity contribution in [2.24, 2.45) is 0 Å². The highest BCUT2D eigenvalue weighted by molar-refractivity contribution is 9.10. The molecule has 0 aliphatic carbocycles. The van der Waals surface area contributed by atoms with Gasteiger partial charge in [-0.25, -0.2) is 0 Å². The maximum atomic E-state index is 6.15. The molecule has 0 saturated heterocycles. The fraction of sp³-hybridized carbons (Fsp3) is 0.125. The summed E-state index contributed by atoms with van der Waals surface area (Å²) in [5.74, 6) is 0.848. The van der Waals surface area contributed by atoms with Crippen LogP contribution in [0.3, 0.4) is 0 Å². The van der Waals surface area contributed by atoms with Gasteiger partial charge >= 0.3 is 0 Å². The van der Waals surface area contributed by atoms with Gasteiger partial charge in [-0.1, -0.05) is 27.5 Å². The smallest absolute Gasteiger partial charge is 0.122 e. The number of aromatic nitrogens is 3. The number of H-pyrrole nitrogens is 1. The van der Waals surface area contributed by atoms with E-state index in [1.54, 1.807) is 19.5 Å². The molecule has 0 fully saturated rings. The summed E-state index contributed by atoms with van der Waals surface area (Å²) < 4.78 is 6.41. The molecule has 0 amide bonds. The molecule has 3 aromatic rings. The molecule has 0 aliphatic rings. The largest absolute Gasteiger partial charge is 0.496 e. The first kappa shape index (κ1) is 15.1. The van der Waals surface area contributed by atoms with Gasteiger partial charge in [0, 0.05) is 40.1 Å². The minimum atomic E-state index is 0.584. The fourth-order valence-electron chi connectivity index (χ4n) is 2.26. The Morgan fingerprint density at radius 1 is 1.27 bits per heavy atom. The van der Waals surface area contributed by atoms with E-state index < -0.39 is 0 Å². The lowest BCUT2D eigenvalue weighted by Crippen LogP contribution is -1.94. The Bertz CT molecular complexity index is 804. The van der Waals surface area contributed by atoms with Gasteiger partial charge in [-0.2, -0.15) is 5.10 Å². The average molecular weight is 379 g/mol. The fourth-order valence-corrected chi connectivity index (χ4v) is 2.89. The highest BCUT2D eigenvalue weighted by atomic mass is 79.9. The van der Waals surface area contributed by atoms with E-state index in [-0.39, 0.29) is 0 Å². The number of ether oxygens (including phenoxy) is 1. The summed E-state index contributed by atoms with van der Waals surface area (Å²) in [6, 6.07) is 9.77. The van der Waals surface area contributed by atoms with Gasteiger partial charge in [-0.3, -0.25) is 10.1 Å². The van der Waals surface area contributed by atoms with Crippen LogP contribution in [-0.4, -0.2) is 22.3 Å². The van der Waals surface area contributed by atoms with E-state index in [0.717, 1.165) is 32.7 Å². The van der Waals surface area contributed by atoms with Crippen LogP contribution in [0.4, 0.5) is 0 Å². The van der Waals surface area contributed by atoms with Crippen LogP contribution >= 0.6 is 27.5 Å². The quantitative estimate of drug-likeness (QED) is 0.728. The summed E-state index contributed by atoms with van der Waals surface area (Å²) in [5, 5.41) is 7.97. The van der Waals surface area contributed by atoms with Gasteiger partial charge in [-0.15, -0.1) is 0 Å². The Morgan fingerprint density at radius 3 is 2.91 bits per heavy atom. The molecule has 22 heavy (non-hydrogen) atoms. The van der Waals surface area contributed by atoms with Gasteiger partial charge in [0.25, 0.3) is 0 Å². The Morgan fingerprint density at radius 2 is 2.14 bits per heavy atom. The first-order valence-corrected chi connectivity index (χ1v) is 7.81. The first-order chi connectivity index (χ1) is 10.7. The highest BCUT2D eigenvalue weighted by Crippen LogP contribution is 2.28. The number of halogens is 2. The summed E-state index contributed by atoms with van der Waals surface area (Å²) in [7, 11) is 1.67. The molecule has 0 saturated carbocycles. The third kappa shape index (κ3) is 3.15.